The lowest BCUT2D eigenvalue weighted by Gasteiger charge is -2.17. The Morgan fingerprint density at radius 3 is 2.37 bits per heavy atom. The molecule has 1 aromatic heterocycles. The molecule has 0 saturated carbocycles. The van der Waals surface area contributed by atoms with Crippen LogP contribution in [-0.2, 0) is 17.8 Å². The second kappa shape index (κ2) is 12.2. The van der Waals surface area contributed by atoms with Crippen molar-refractivity contribution in [2.75, 3.05) is 0 Å². The molecule has 5 rings (SSSR count). The maximum atomic E-state index is 13.7. The van der Waals surface area contributed by atoms with Crippen LogP contribution < -0.4 is 10.1 Å². The van der Waals surface area contributed by atoms with E-state index in [4.69, 9.17) is 9.26 Å². The second-order valence-corrected chi connectivity index (χ2v) is 11.1. The summed E-state index contributed by atoms with van der Waals surface area (Å²) in [6.45, 7) is 1.90. The lowest BCUT2D eigenvalue weighted by atomic mass is 9.97. The highest BCUT2D eigenvalue weighted by atomic mass is 79.9. The van der Waals surface area contributed by atoms with E-state index in [1.165, 1.54) is 0 Å². The summed E-state index contributed by atoms with van der Waals surface area (Å²) in [6, 6.07) is 23.0. The van der Waals surface area contributed by atoms with Gasteiger partial charge in [-0.15, -0.1) is 0 Å². The molecule has 41 heavy (non-hydrogen) atoms. The van der Waals surface area contributed by atoms with Crippen LogP contribution in [0.2, 0.25) is 0 Å². The van der Waals surface area contributed by atoms with Crippen molar-refractivity contribution < 1.29 is 29.1 Å². The zero-order valence-corrected chi connectivity index (χ0v) is 24.9. The van der Waals surface area contributed by atoms with Gasteiger partial charge in [0.2, 0.25) is 0 Å². The highest BCUT2D eigenvalue weighted by molar-refractivity contribution is 9.11. The molecular weight excluding hydrogens is 656 g/mol. The number of nitrogens with one attached hydrogen (secondary N) is 1. The molecule has 10 heteroatoms. The molecule has 0 spiro atoms. The van der Waals surface area contributed by atoms with E-state index in [2.05, 4.69) is 42.3 Å². The molecule has 0 fully saturated rings. The van der Waals surface area contributed by atoms with E-state index in [9.17, 15) is 19.8 Å². The van der Waals surface area contributed by atoms with E-state index in [1.54, 1.807) is 19.1 Å². The number of carbonyl (C=O) groups excluding carboxylic acids is 1. The van der Waals surface area contributed by atoms with Crippen LogP contribution >= 0.6 is 31.9 Å². The number of rotatable bonds is 9. The average Bonchev–Trinajstić information content (AvgIpc) is 3.35. The monoisotopic (exact) mass is 678 g/mol. The summed E-state index contributed by atoms with van der Waals surface area (Å²) in [6.07, 6.45) is -0.0298. The first-order chi connectivity index (χ1) is 19.7. The maximum Gasteiger partial charge on any atom is 0.326 e. The molecule has 0 bridgehead atoms. The van der Waals surface area contributed by atoms with Gasteiger partial charge in [0.25, 0.3) is 5.91 Å². The fourth-order valence-electron chi connectivity index (χ4n) is 4.56. The van der Waals surface area contributed by atoms with Gasteiger partial charge in [-0.2, -0.15) is 0 Å². The molecule has 1 atom stereocenters. The Bertz CT molecular complexity index is 1730. The minimum atomic E-state index is -1.27. The Morgan fingerprint density at radius 1 is 0.976 bits per heavy atom. The van der Waals surface area contributed by atoms with Gasteiger partial charge in [0.05, 0.1) is 14.5 Å². The Labute approximate surface area is 252 Å². The highest BCUT2D eigenvalue weighted by Crippen LogP contribution is 2.39. The summed E-state index contributed by atoms with van der Waals surface area (Å²) in [4.78, 5) is 25.9. The van der Waals surface area contributed by atoms with Crippen molar-refractivity contribution in [1.82, 2.24) is 10.5 Å². The molecule has 208 valence electrons. The van der Waals surface area contributed by atoms with Crippen LogP contribution in [0.25, 0.3) is 22.0 Å². The number of carboxylic acid groups (broad SMARTS) is 1. The minimum absolute atomic E-state index is 0.00484. The van der Waals surface area contributed by atoms with E-state index in [-0.39, 0.29) is 29.2 Å². The van der Waals surface area contributed by atoms with E-state index in [0.29, 0.717) is 32.4 Å². The highest BCUT2D eigenvalue weighted by Gasteiger charge is 2.29. The molecule has 3 N–H and O–H groups in total. The molecule has 5 aromatic rings. The first-order valence-corrected chi connectivity index (χ1v) is 14.2. The normalized spacial score (nSPS) is 11.8. The zero-order chi connectivity index (χ0) is 29.1. The summed E-state index contributed by atoms with van der Waals surface area (Å²) in [5, 5.41) is 28.5. The number of phenolic OH excluding ortho intramolecular Hbond substituents is 1. The van der Waals surface area contributed by atoms with Crippen LogP contribution in [0.15, 0.2) is 92.3 Å². The van der Waals surface area contributed by atoms with E-state index >= 15 is 0 Å². The van der Waals surface area contributed by atoms with Crippen LogP contribution in [0, 0.1) is 6.92 Å². The molecule has 1 amide bonds. The largest absolute Gasteiger partial charge is 0.506 e. The van der Waals surface area contributed by atoms with Crippen LogP contribution in [0.1, 0.15) is 27.2 Å². The summed E-state index contributed by atoms with van der Waals surface area (Å²) in [7, 11) is 0. The van der Waals surface area contributed by atoms with Crippen molar-refractivity contribution in [3.63, 3.8) is 0 Å². The van der Waals surface area contributed by atoms with Crippen molar-refractivity contribution in [2.45, 2.75) is 26.0 Å². The van der Waals surface area contributed by atoms with Gasteiger partial charge in [-0.25, -0.2) is 4.79 Å². The molecule has 4 aromatic carbocycles. The van der Waals surface area contributed by atoms with Gasteiger partial charge in [0.1, 0.15) is 41.2 Å². The van der Waals surface area contributed by atoms with Gasteiger partial charge < -0.3 is 24.8 Å². The predicted octanol–water partition coefficient (Wildman–Crippen LogP) is 7.04. The standard InChI is InChI=1S/C31H24Br2N2O6/c1-17-26(30(37)34-24(31(38)39)15-19-13-22(32)29(36)23(33)14-19)28(35-41-17)27-21-10-6-5-9-20(21)11-12-25(27)40-16-18-7-3-2-4-8-18/h2-14,24,36H,15-16H2,1H3,(H,34,37)(H,38,39)/t24-/m0/s1. The SMILES string of the molecule is Cc1onc(-c2c(OCc3ccccc3)ccc3ccccc23)c1C(=O)N[C@@H](Cc1cc(Br)c(O)c(Br)c1)C(=O)O. The van der Waals surface area contributed by atoms with Crippen molar-refractivity contribution in [3.05, 3.63) is 110 Å². The number of ether oxygens (including phenoxy) is 1. The van der Waals surface area contributed by atoms with Crippen molar-refractivity contribution in [1.29, 1.82) is 0 Å². The summed E-state index contributed by atoms with van der Waals surface area (Å²) in [5.74, 6) is -1.13. The van der Waals surface area contributed by atoms with Gasteiger partial charge in [0.15, 0.2) is 0 Å². The van der Waals surface area contributed by atoms with Gasteiger partial charge in [-0.05, 0) is 78.9 Å². The number of benzene rings is 4. The minimum Gasteiger partial charge on any atom is -0.506 e. The molecular formula is C31H24Br2N2O6. The van der Waals surface area contributed by atoms with E-state index in [0.717, 1.165) is 16.3 Å². The fraction of sp³-hybridized carbons (Fsp3) is 0.129. The zero-order valence-electron chi connectivity index (χ0n) is 21.7. The molecule has 0 aliphatic rings. The number of hydrogen-bond acceptors (Lipinski definition) is 6. The number of carbonyl (C=O) groups is 2. The molecule has 8 nitrogen and oxygen atoms in total. The van der Waals surface area contributed by atoms with Gasteiger partial charge in [-0.3, -0.25) is 4.79 Å². The average molecular weight is 680 g/mol. The number of aromatic hydroxyl groups is 1. The summed E-state index contributed by atoms with van der Waals surface area (Å²) in [5.41, 5.74) is 2.49. The molecule has 0 aliphatic heterocycles. The topological polar surface area (TPSA) is 122 Å². The predicted molar refractivity (Wildman–Crippen MR) is 161 cm³/mol. The number of nitrogens with zero attached hydrogens (tertiary/aromatic N) is 1. The van der Waals surface area contributed by atoms with Crippen LogP contribution in [0.5, 0.6) is 11.5 Å². The second-order valence-electron chi connectivity index (χ2n) is 9.37. The third-order valence-electron chi connectivity index (χ3n) is 6.57. The van der Waals surface area contributed by atoms with Crippen LogP contribution in [0.3, 0.4) is 0 Å². The maximum absolute atomic E-state index is 13.7. The van der Waals surface area contributed by atoms with E-state index < -0.39 is 17.9 Å². The molecule has 0 aliphatic carbocycles. The van der Waals surface area contributed by atoms with Crippen LogP contribution in [-0.4, -0.2) is 33.3 Å². The molecule has 0 saturated heterocycles. The van der Waals surface area contributed by atoms with Gasteiger partial charge >= 0.3 is 5.97 Å². The summed E-state index contributed by atoms with van der Waals surface area (Å²) < 4.78 is 12.5. The third kappa shape index (κ3) is 6.13. The molecule has 1 heterocycles. The first-order valence-electron chi connectivity index (χ1n) is 12.6. The number of halogens is 2. The smallest absolute Gasteiger partial charge is 0.326 e. The van der Waals surface area contributed by atoms with Crippen molar-refractivity contribution in [3.8, 4) is 22.8 Å². The van der Waals surface area contributed by atoms with Crippen molar-refractivity contribution in [2.24, 2.45) is 0 Å². The number of carboxylic acids is 1. The quantitative estimate of drug-likeness (QED) is 0.153. The lowest BCUT2D eigenvalue weighted by molar-refractivity contribution is -0.139. The Hall–Kier alpha value is -4.15. The Kier molecular flexibility index (Phi) is 8.41. The number of hydrogen-bond donors (Lipinski definition) is 3. The van der Waals surface area contributed by atoms with Crippen molar-refractivity contribution >= 4 is 54.5 Å². The summed E-state index contributed by atoms with van der Waals surface area (Å²) >= 11 is 6.52. The van der Waals surface area contributed by atoms with Crippen LogP contribution in [0.4, 0.5) is 0 Å². The number of amides is 1. The van der Waals surface area contributed by atoms with E-state index in [1.807, 2.05) is 66.7 Å². The van der Waals surface area contributed by atoms with Gasteiger partial charge in [-0.1, -0.05) is 65.8 Å². The number of aryl methyl sites for hydroxylation is 1. The first kappa shape index (κ1) is 28.4. The fourth-order valence-corrected chi connectivity index (χ4v) is 5.84. The number of phenols is 1. The number of aliphatic carboxylic acids is 1. The van der Waals surface area contributed by atoms with Gasteiger partial charge in [0, 0.05) is 6.42 Å². The lowest BCUT2D eigenvalue weighted by Crippen LogP contribution is -2.42. The Morgan fingerprint density at radius 2 is 1.66 bits per heavy atom. The molecule has 0 radical (unpaired) electrons. The number of aromatic nitrogens is 1. The Balaban J connectivity index is 1.51. The third-order valence-corrected chi connectivity index (χ3v) is 7.78. The number of fused-ring (bicyclic) bond motifs is 1. The molecule has 0 unspecified atom stereocenters.